The summed E-state index contributed by atoms with van der Waals surface area (Å²) in [4.78, 5) is 53.3. The molecule has 16 nitrogen and oxygen atoms in total. The number of carboxylic acids is 1. The van der Waals surface area contributed by atoms with E-state index < -0.39 is 30.7 Å². The summed E-state index contributed by atoms with van der Waals surface area (Å²) >= 11 is 1.57. The zero-order valence-electron chi connectivity index (χ0n) is 36.5. The van der Waals surface area contributed by atoms with Crippen molar-refractivity contribution in [1.82, 2.24) is 45.0 Å². The Morgan fingerprint density at radius 1 is 0.848 bits per heavy atom. The van der Waals surface area contributed by atoms with Gasteiger partial charge in [0, 0.05) is 35.7 Å². The van der Waals surface area contributed by atoms with Gasteiger partial charge in [-0.2, -0.15) is 5.21 Å². The van der Waals surface area contributed by atoms with Gasteiger partial charge in [-0.15, -0.1) is 22.0 Å². The molecule has 0 aliphatic carbocycles. The van der Waals surface area contributed by atoms with Crippen LogP contribution in [0.2, 0.25) is 0 Å². The van der Waals surface area contributed by atoms with Gasteiger partial charge in [0.05, 0.1) is 23.3 Å². The summed E-state index contributed by atoms with van der Waals surface area (Å²) in [5.74, 6) is 1.74. The molecule has 0 saturated carbocycles. The minimum Gasteiger partial charge on any atom is -0.483 e. The molecule has 1 amide bonds. The highest BCUT2D eigenvalue weighted by atomic mass is 32.2. The minimum absolute atomic E-state index is 0.0278. The maximum atomic E-state index is 13.7. The number of aryl methyl sites for hydroxylation is 1. The number of hydrogen-bond donors (Lipinski definition) is 3. The fourth-order valence-corrected chi connectivity index (χ4v) is 8.31. The number of esters is 1. The van der Waals surface area contributed by atoms with Crippen molar-refractivity contribution in [2.24, 2.45) is 0 Å². The van der Waals surface area contributed by atoms with Crippen LogP contribution < -0.4 is 9.47 Å². The number of carbonyl (C=O) groups is 3. The van der Waals surface area contributed by atoms with Crippen LogP contribution in [0.3, 0.4) is 0 Å². The molecule has 3 heterocycles. The Bertz CT molecular complexity index is 2920. The number of amides is 1. The molecule has 0 aliphatic rings. The van der Waals surface area contributed by atoms with Crippen molar-refractivity contribution in [1.29, 1.82) is 0 Å². The Hall–Kier alpha value is -7.79. The Morgan fingerprint density at radius 3 is 2.30 bits per heavy atom. The molecule has 17 heteroatoms. The van der Waals surface area contributed by atoms with Gasteiger partial charge in [0.1, 0.15) is 29.7 Å². The first-order chi connectivity index (χ1) is 32.1. The molecule has 66 heavy (non-hydrogen) atoms. The van der Waals surface area contributed by atoms with Crippen LogP contribution in [0.5, 0.6) is 11.5 Å². The lowest BCUT2D eigenvalue weighted by Gasteiger charge is -2.20. The molecular formula is C49H47N9O7S. The van der Waals surface area contributed by atoms with Crippen molar-refractivity contribution in [3.8, 4) is 34.0 Å². The zero-order chi connectivity index (χ0) is 46.0. The normalized spacial score (nSPS) is 11.6. The number of ether oxygens (including phenoxy) is 3. The Morgan fingerprint density at radius 2 is 1.59 bits per heavy atom. The summed E-state index contributed by atoms with van der Waals surface area (Å²) in [6.07, 6.45) is 0.335. The van der Waals surface area contributed by atoms with Crippen LogP contribution in [0.1, 0.15) is 72.3 Å². The van der Waals surface area contributed by atoms with Gasteiger partial charge in [-0.25, -0.2) is 19.6 Å². The number of tetrazole rings is 1. The number of carbonyl (C=O) groups excluding carboxylic acids is 2. The topological polar surface area (TPSA) is 203 Å². The second kappa shape index (κ2) is 20.8. The van der Waals surface area contributed by atoms with E-state index in [0.29, 0.717) is 58.8 Å². The van der Waals surface area contributed by atoms with Gasteiger partial charge < -0.3 is 28.9 Å². The molecule has 0 bridgehead atoms. The van der Waals surface area contributed by atoms with Gasteiger partial charge >= 0.3 is 18.0 Å². The number of fused-ring (bicyclic) bond motifs is 1. The maximum absolute atomic E-state index is 13.7. The largest absolute Gasteiger partial charge is 0.483 e. The first-order valence-electron chi connectivity index (χ1n) is 21.4. The number of thioether (sulfide) groups is 1. The van der Waals surface area contributed by atoms with Gasteiger partial charge in [-0.1, -0.05) is 85.8 Å². The standard InChI is InChI=1S/C49H47N9O7S/c1-4-11-43-50-42(45(48(61)63-5-2)58(43)28-33-16-20-34(21-17-33)38-14-9-10-15-39(38)47-53-55-56-54-47)30-66-37-24-25-40-41(26-37)52-46(51-40)31(3)64-36-22-18-32(19-23-36)27-57(29-44(59)60)49(62)65-35-12-7-6-8-13-35/h6-10,12-26,31H,4-5,11,27-30H2,1-3H3,(H,51,52)(H,59,60)(H,53,54,55,56). The third-order valence-corrected chi connectivity index (χ3v) is 11.6. The molecule has 3 N–H and O–H groups in total. The van der Waals surface area contributed by atoms with Crippen LogP contribution in [0.4, 0.5) is 4.79 Å². The highest BCUT2D eigenvalue weighted by Crippen LogP contribution is 2.32. The molecule has 1 unspecified atom stereocenters. The molecule has 0 spiro atoms. The monoisotopic (exact) mass is 905 g/mol. The highest BCUT2D eigenvalue weighted by Gasteiger charge is 2.25. The number of rotatable bonds is 19. The number of nitrogens with one attached hydrogen (secondary N) is 2. The Kier molecular flexibility index (Phi) is 14.1. The first kappa shape index (κ1) is 44.8. The van der Waals surface area contributed by atoms with Crippen molar-refractivity contribution >= 4 is 40.8 Å². The summed E-state index contributed by atoms with van der Waals surface area (Å²) in [5.41, 5.74) is 7.26. The fraction of sp³-hybridized carbons (Fsp3) is 0.224. The Balaban J connectivity index is 0.939. The van der Waals surface area contributed by atoms with Gasteiger partial charge in [-0.3, -0.25) is 9.69 Å². The van der Waals surface area contributed by atoms with E-state index in [0.717, 1.165) is 55.3 Å². The number of imidazole rings is 2. The van der Waals surface area contributed by atoms with Gasteiger partial charge in [-0.05, 0) is 90.2 Å². The van der Waals surface area contributed by atoms with E-state index in [9.17, 15) is 19.5 Å². The van der Waals surface area contributed by atoms with Crippen LogP contribution in [0, 0.1) is 0 Å². The van der Waals surface area contributed by atoms with Gasteiger partial charge in [0.15, 0.2) is 11.8 Å². The van der Waals surface area contributed by atoms with Crippen LogP contribution in [-0.2, 0) is 34.8 Å². The third kappa shape index (κ3) is 10.8. The molecule has 0 radical (unpaired) electrons. The quantitative estimate of drug-likeness (QED) is 0.0512. The van der Waals surface area contributed by atoms with E-state index in [1.807, 2.05) is 54.0 Å². The third-order valence-electron chi connectivity index (χ3n) is 10.6. The minimum atomic E-state index is -1.15. The number of hydrogen-bond acceptors (Lipinski definition) is 12. The van der Waals surface area contributed by atoms with E-state index in [-0.39, 0.29) is 13.2 Å². The smallest absolute Gasteiger partial charge is 0.416 e. The Labute approximate surface area is 384 Å². The van der Waals surface area contributed by atoms with Crippen LogP contribution in [0.25, 0.3) is 33.5 Å². The number of carboxylic acid groups (broad SMARTS) is 1. The van der Waals surface area contributed by atoms with Gasteiger partial charge in [0.2, 0.25) is 5.82 Å². The summed E-state index contributed by atoms with van der Waals surface area (Å²) < 4.78 is 19.2. The molecular weight excluding hydrogens is 859 g/mol. The van der Waals surface area contributed by atoms with E-state index in [1.165, 1.54) is 0 Å². The number of benzene rings is 5. The number of aliphatic carboxylic acids is 1. The summed E-state index contributed by atoms with van der Waals surface area (Å²) in [6, 6.07) is 37.7. The molecule has 0 saturated heterocycles. The van der Waals surface area contributed by atoms with Crippen LogP contribution in [-0.4, -0.2) is 81.3 Å². The van der Waals surface area contributed by atoms with Crippen molar-refractivity contribution in [2.75, 3.05) is 13.2 Å². The lowest BCUT2D eigenvalue weighted by Crippen LogP contribution is -2.37. The van der Waals surface area contributed by atoms with E-state index >= 15 is 0 Å². The molecule has 3 aromatic heterocycles. The molecule has 0 fully saturated rings. The van der Waals surface area contributed by atoms with Gasteiger partial charge in [0.25, 0.3) is 0 Å². The van der Waals surface area contributed by atoms with Crippen molar-refractivity contribution < 1.29 is 33.7 Å². The van der Waals surface area contributed by atoms with Crippen LogP contribution in [0.15, 0.2) is 126 Å². The van der Waals surface area contributed by atoms with Crippen molar-refractivity contribution in [3.05, 3.63) is 155 Å². The predicted octanol–water partition coefficient (Wildman–Crippen LogP) is 9.30. The number of para-hydroxylation sites is 1. The van der Waals surface area contributed by atoms with E-state index in [1.54, 1.807) is 73.3 Å². The number of nitrogens with zero attached hydrogens (tertiary/aromatic N) is 7. The van der Waals surface area contributed by atoms with E-state index in [2.05, 4.69) is 56.8 Å². The molecule has 336 valence electrons. The molecule has 5 aromatic carbocycles. The SMILES string of the molecule is CCCc1nc(CSc2ccc3nc(C(C)Oc4ccc(CN(CC(=O)O)C(=O)Oc5ccccc5)cc4)[nH]c3c2)c(C(=O)OCC)n1Cc1ccc(-c2ccccc2-c2nn[nH]n2)cc1. The van der Waals surface area contributed by atoms with Crippen LogP contribution >= 0.6 is 11.8 Å². The van der Waals surface area contributed by atoms with E-state index in [4.69, 9.17) is 24.2 Å². The van der Waals surface area contributed by atoms with Crippen molar-refractivity contribution in [3.63, 3.8) is 0 Å². The lowest BCUT2D eigenvalue weighted by atomic mass is 9.98. The number of H-pyrrole nitrogens is 2. The predicted molar refractivity (Wildman–Crippen MR) is 248 cm³/mol. The maximum Gasteiger partial charge on any atom is 0.416 e. The first-order valence-corrected chi connectivity index (χ1v) is 22.4. The lowest BCUT2D eigenvalue weighted by molar-refractivity contribution is -0.138. The fourth-order valence-electron chi connectivity index (χ4n) is 7.44. The second-order valence-electron chi connectivity index (χ2n) is 15.3. The molecule has 0 aliphatic heterocycles. The molecule has 8 rings (SSSR count). The summed E-state index contributed by atoms with van der Waals surface area (Å²) in [5, 5.41) is 24.0. The molecule has 8 aromatic rings. The summed E-state index contributed by atoms with van der Waals surface area (Å²) in [7, 11) is 0. The highest BCUT2D eigenvalue weighted by molar-refractivity contribution is 7.98. The zero-order valence-corrected chi connectivity index (χ0v) is 37.3. The average molecular weight is 906 g/mol. The van der Waals surface area contributed by atoms with Crippen molar-refractivity contribution in [2.45, 2.75) is 63.5 Å². The molecule has 1 atom stereocenters. The average Bonchev–Trinajstić information content (AvgIpc) is 4.09. The number of aromatic amines is 2. The number of aromatic nitrogens is 8. The summed E-state index contributed by atoms with van der Waals surface area (Å²) in [6.45, 7) is 5.97. The second-order valence-corrected chi connectivity index (χ2v) is 16.3.